The van der Waals surface area contributed by atoms with Crippen LogP contribution in [0.25, 0.3) is 0 Å². The number of halogens is 1. The fourth-order valence-corrected chi connectivity index (χ4v) is 2.41. The minimum atomic E-state index is -0.645. The predicted octanol–water partition coefficient (Wildman–Crippen LogP) is 4.05. The molecule has 1 unspecified atom stereocenters. The summed E-state index contributed by atoms with van der Waals surface area (Å²) in [5, 5.41) is 9.44. The van der Waals surface area contributed by atoms with Gasteiger partial charge in [-0.3, -0.25) is 4.79 Å². The average Bonchev–Trinajstić information content (AvgIpc) is 2.60. The molecule has 0 bridgehead atoms. The second-order valence-corrected chi connectivity index (χ2v) is 5.80. The van der Waals surface area contributed by atoms with Gasteiger partial charge < -0.3 is 9.64 Å². The fraction of sp³-hybridized carbons (Fsp3) is 0.263. The van der Waals surface area contributed by atoms with E-state index in [0.717, 1.165) is 5.56 Å². The molecule has 124 valence electrons. The Hall–Kier alpha value is -2.51. The highest BCUT2D eigenvalue weighted by Gasteiger charge is 2.22. The van der Waals surface area contributed by atoms with Gasteiger partial charge in [-0.25, -0.2) is 0 Å². The molecule has 4 nitrogen and oxygen atoms in total. The maximum absolute atomic E-state index is 12.7. The molecule has 24 heavy (non-hydrogen) atoms. The summed E-state index contributed by atoms with van der Waals surface area (Å²) in [5.41, 5.74) is 1.02. The zero-order valence-electron chi connectivity index (χ0n) is 13.5. The van der Waals surface area contributed by atoms with E-state index in [9.17, 15) is 4.79 Å². The number of ether oxygens (including phenoxy) is 1. The molecule has 0 N–H and O–H groups in total. The number of rotatable bonds is 7. The number of hydrogen-bond donors (Lipinski definition) is 0. The summed E-state index contributed by atoms with van der Waals surface area (Å²) in [7, 11) is 0. The van der Waals surface area contributed by atoms with Crippen LogP contribution in [0.3, 0.4) is 0 Å². The molecule has 0 fully saturated rings. The van der Waals surface area contributed by atoms with E-state index in [1.165, 1.54) is 0 Å². The van der Waals surface area contributed by atoms with Crippen molar-refractivity contribution in [2.45, 2.75) is 26.0 Å². The van der Waals surface area contributed by atoms with Crippen molar-refractivity contribution in [3.8, 4) is 11.8 Å². The Labute approximate surface area is 147 Å². The van der Waals surface area contributed by atoms with E-state index in [4.69, 9.17) is 21.6 Å². The van der Waals surface area contributed by atoms with Gasteiger partial charge in [-0.05, 0) is 36.8 Å². The quantitative estimate of drug-likeness (QED) is 0.762. The second kappa shape index (κ2) is 8.95. The first kappa shape index (κ1) is 17.8. The van der Waals surface area contributed by atoms with Crippen LogP contribution in [-0.2, 0) is 11.3 Å². The van der Waals surface area contributed by atoms with Crippen LogP contribution < -0.4 is 4.74 Å². The Bertz CT molecular complexity index is 696. The summed E-state index contributed by atoms with van der Waals surface area (Å²) >= 11 is 5.85. The lowest BCUT2D eigenvalue weighted by Crippen LogP contribution is -2.40. The summed E-state index contributed by atoms with van der Waals surface area (Å²) in [5.74, 6) is 0.434. The molecule has 0 aliphatic rings. The maximum atomic E-state index is 12.7. The van der Waals surface area contributed by atoms with Gasteiger partial charge in [0.1, 0.15) is 5.75 Å². The van der Waals surface area contributed by atoms with Crippen LogP contribution in [0.5, 0.6) is 5.75 Å². The standard InChI is InChI=1S/C19H19ClN2O2/c1-15(24-18-10-8-17(20)9-11-18)19(23)22(13-5-12-21)14-16-6-3-2-4-7-16/h2-4,6-11,15H,5,13-14H2,1H3. The molecule has 0 heterocycles. The van der Waals surface area contributed by atoms with Crippen molar-refractivity contribution in [2.75, 3.05) is 6.54 Å². The number of nitriles is 1. The van der Waals surface area contributed by atoms with Crippen LogP contribution in [0.1, 0.15) is 18.9 Å². The monoisotopic (exact) mass is 342 g/mol. The zero-order chi connectivity index (χ0) is 17.4. The highest BCUT2D eigenvalue weighted by atomic mass is 35.5. The number of carbonyl (C=O) groups is 1. The lowest BCUT2D eigenvalue weighted by atomic mass is 10.2. The van der Waals surface area contributed by atoms with Gasteiger partial charge in [-0.2, -0.15) is 5.26 Å². The highest BCUT2D eigenvalue weighted by Crippen LogP contribution is 2.18. The Morgan fingerprint density at radius 2 is 1.88 bits per heavy atom. The van der Waals surface area contributed by atoms with E-state index in [2.05, 4.69) is 6.07 Å². The molecular weight excluding hydrogens is 324 g/mol. The van der Waals surface area contributed by atoms with Crippen molar-refractivity contribution in [1.82, 2.24) is 4.90 Å². The number of hydrogen-bond acceptors (Lipinski definition) is 3. The minimum Gasteiger partial charge on any atom is -0.481 e. The summed E-state index contributed by atoms with van der Waals surface area (Å²) < 4.78 is 5.70. The van der Waals surface area contributed by atoms with E-state index < -0.39 is 6.10 Å². The molecule has 0 spiro atoms. The van der Waals surface area contributed by atoms with Crippen LogP contribution in [0.4, 0.5) is 0 Å². The third-order valence-electron chi connectivity index (χ3n) is 3.50. The number of nitrogens with zero attached hydrogens (tertiary/aromatic N) is 2. The topological polar surface area (TPSA) is 53.3 Å². The first-order chi connectivity index (χ1) is 11.6. The van der Waals surface area contributed by atoms with E-state index in [1.54, 1.807) is 36.1 Å². The van der Waals surface area contributed by atoms with Crippen molar-refractivity contribution in [3.05, 3.63) is 65.2 Å². The van der Waals surface area contributed by atoms with Gasteiger partial charge in [0.05, 0.1) is 12.5 Å². The van der Waals surface area contributed by atoms with Gasteiger partial charge in [-0.15, -0.1) is 0 Å². The Kier molecular flexibility index (Phi) is 6.65. The first-order valence-corrected chi connectivity index (χ1v) is 8.10. The van der Waals surface area contributed by atoms with E-state index in [-0.39, 0.29) is 12.3 Å². The van der Waals surface area contributed by atoms with Crippen LogP contribution in [0.2, 0.25) is 5.02 Å². The largest absolute Gasteiger partial charge is 0.481 e. The molecular formula is C19H19ClN2O2. The SMILES string of the molecule is CC(Oc1ccc(Cl)cc1)C(=O)N(CCC#N)Cc1ccccc1. The molecule has 2 aromatic carbocycles. The number of amides is 1. The predicted molar refractivity (Wildman–Crippen MR) is 93.6 cm³/mol. The third kappa shape index (κ3) is 5.29. The maximum Gasteiger partial charge on any atom is 0.263 e. The Balaban J connectivity index is 2.05. The van der Waals surface area contributed by atoms with Crippen molar-refractivity contribution in [2.24, 2.45) is 0 Å². The minimum absolute atomic E-state index is 0.149. The average molecular weight is 343 g/mol. The molecule has 2 aromatic rings. The number of benzene rings is 2. The molecule has 1 atom stereocenters. The van der Waals surface area contributed by atoms with E-state index in [1.807, 2.05) is 30.3 Å². The van der Waals surface area contributed by atoms with Gasteiger partial charge in [0.25, 0.3) is 5.91 Å². The third-order valence-corrected chi connectivity index (χ3v) is 3.75. The molecule has 0 aliphatic heterocycles. The van der Waals surface area contributed by atoms with E-state index >= 15 is 0 Å². The normalized spacial score (nSPS) is 11.4. The molecule has 0 saturated heterocycles. The highest BCUT2D eigenvalue weighted by molar-refractivity contribution is 6.30. The second-order valence-electron chi connectivity index (χ2n) is 5.37. The van der Waals surface area contributed by atoms with Crippen molar-refractivity contribution < 1.29 is 9.53 Å². The van der Waals surface area contributed by atoms with Crippen LogP contribution in [-0.4, -0.2) is 23.5 Å². The number of carbonyl (C=O) groups excluding carboxylic acids is 1. The van der Waals surface area contributed by atoms with Gasteiger partial charge in [0, 0.05) is 18.1 Å². The zero-order valence-corrected chi connectivity index (χ0v) is 14.2. The van der Waals surface area contributed by atoms with Gasteiger partial charge in [0.2, 0.25) is 0 Å². The van der Waals surface area contributed by atoms with Crippen LogP contribution in [0.15, 0.2) is 54.6 Å². The summed E-state index contributed by atoms with van der Waals surface area (Å²) in [6.45, 7) is 2.54. The summed E-state index contributed by atoms with van der Waals surface area (Å²) in [4.78, 5) is 14.3. The van der Waals surface area contributed by atoms with Crippen LogP contribution >= 0.6 is 11.6 Å². The van der Waals surface area contributed by atoms with E-state index in [0.29, 0.717) is 23.9 Å². The summed E-state index contributed by atoms with van der Waals surface area (Å²) in [6, 6.07) is 18.7. The lowest BCUT2D eigenvalue weighted by molar-refractivity contribution is -0.138. The van der Waals surface area contributed by atoms with Crippen molar-refractivity contribution in [3.63, 3.8) is 0 Å². The molecule has 2 rings (SSSR count). The molecule has 0 radical (unpaired) electrons. The lowest BCUT2D eigenvalue weighted by Gasteiger charge is -2.25. The fourth-order valence-electron chi connectivity index (χ4n) is 2.28. The first-order valence-electron chi connectivity index (χ1n) is 7.72. The molecule has 0 saturated carbocycles. The van der Waals surface area contributed by atoms with Gasteiger partial charge in [0.15, 0.2) is 6.10 Å². The van der Waals surface area contributed by atoms with Gasteiger partial charge >= 0.3 is 0 Å². The smallest absolute Gasteiger partial charge is 0.263 e. The van der Waals surface area contributed by atoms with Crippen molar-refractivity contribution >= 4 is 17.5 Å². The Morgan fingerprint density at radius 3 is 2.50 bits per heavy atom. The van der Waals surface area contributed by atoms with Gasteiger partial charge in [-0.1, -0.05) is 41.9 Å². The molecule has 5 heteroatoms. The summed E-state index contributed by atoms with van der Waals surface area (Å²) in [6.07, 6.45) is -0.361. The van der Waals surface area contributed by atoms with Crippen molar-refractivity contribution in [1.29, 1.82) is 5.26 Å². The Morgan fingerprint density at radius 1 is 1.21 bits per heavy atom. The molecule has 0 aliphatic carbocycles. The van der Waals surface area contributed by atoms with Crippen LogP contribution in [0, 0.1) is 11.3 Å². The molecule has 0 aromatic heterocycles. The molecule has 1 amide bonds.